The molecule has 0 amide bonds. The minimum Gasteiger partial charge on any atom is -0.381 e. The maximum absolute atomic E-state index is 5.54. The van der Waals surface area contributed by atoms with Gasteiger partial charge in [-0.1, -0.05) is 6.92 Å². The van der Waals surface area contributed by atoms with E-state index in [0.717, 1.165) is 25.7 Å². The van der Waals surface area contributed by atoms with E-state index in [2.05, 4.69) is 31.0 Å². The monoisotopic (exact) mass is 240 g/mol. The van der Waals surface area contributed by atoms with Crippen molar-refractivity contribution < 1.29 is 4.74 Å². The molecular weight excluding hydrogens is 212 g/mol. The quantitative estimate of drug-likeness (QED) is 0.815. The summed E-state index contributed by atoms with van der Waals surface area (Å²) in [7, 11) is 0. The van der Waals surface area contributed by atoms with Crippen LogP contribution in [0.4, 0.5) is 0 Å². The molecule has 2 aliphatic heterocycles. The van der Waals surface area contributed by atoms with Gasteiger partial charge in [0.25, 0.3) is 0 Å². The number of nitrogens with one attached hydrogen (secondary N) is 1. The summed E-state index contributed by atoms with van der Waals surface area (Å²) >= 11 is 0. The van der Waals surface area contributed by atoms with E-state index in [1.807, 2.05) is 0 Å². The van der Waals surface area contributed by atoms with Gasteiger partial charge in [-0.15, -0.1) is 0 Å². The third-order valence-electron chi connectivity index (χ3n) is 4.73. The second-order valence-corrected chi connectivity index (χ2v) is 6.03. The highest BCUT2D eigenvalue weighted by molar-refractivity contribution is 4.91. The van der Waals surface area contributed by atoms with Gasteiger partial charge in [0.05, 0.1) is 6.61 Å². The Morgan fingerprint density at radius 3 is 3.00 bits per heavy atom. The molecule has 0 aromatic carbocycles. The van der Waals surface area contributed by atoms with Crippen LogP contribution >= 0.6 is 0 Å². The minimum absolute atomic E-state index is 0.296. The van der Waals surface area contributed by atoms with Gasteiger partial charge in [-0.05, 0) is 52.1 Å². The van der Waals surface area contributed by atoms with E-state index >= 15 is 0 Å². The SMILES string of the molecule is CCC1(C)CN(C(C)C2CCOC2)CCCN1. The van der Waals surface area contributed by atoms with Crippen molar-refractivity contribution in [2.75, 3.05) is 32.8 Å². The summed E-state index contributed by atoms with van der Waals surface area (Å²) in [6.45, 7) is 12.6. The van der Waals surface area contributed by atoms with Crippen LogP contribution in [0.25, 0.3) is 0 Å². The average molecular weight is 240 g/mol. The number of rotatable bonds is 3. The van der Waals surface area contributed by atoms with Crippen LogP contribution in [0.15, 0.2) is 0 Å². The van der Waals surface area contributed by atoms with Gasteiger partial charge in [0.1, 0.15) is 0 Å². The molecule has 0 aromatic rings. The van der Waals surface area contributed by atoms with Crippen molar-refractivity contribution in [1.82, 2.24) is 10.2 Å². The Balaban J connectivity index is 1.97. The van der Waals surface area contributed by atoms with Gasteiger partial charge < -0.3 is 10.1 Å². The fourth-order valence-electron chi connectivity index (χ4n) is 3.07. The van der Waals surface area contributed by atoms with Crippen molar-refractivity contribution in [2.45, 2.75) is 51.6 Å². The third kappa shape index (κ3) is 3.21. The van der Waals surface area contributed by atoms with Gasteiger partial charge in [-0.3, -0.25) is 4.90 Å². The third-order valence-corrected chi connectivity index (χ3v) is 4.73. The standard InChI is InChI=1S/C14H28N2O/c1-4-14(3)11-16(8-5-7-15-14)12(2)13-6-9-17-10-13/h12-13,15H,4-11H2,1-3H3. The highest BCUT2D eigenvalue weighted by Crippen LogP contribution is 2.24. The first kappa shape index (κ1) is 13.3. The highest BCUT2D eigenvalue weighted by Gasteiger charge is 2.33. The first-order chi connectivity index (χ1) is 8.14. The maximum atomic E-state index is 5.54. The van der Waals surface area contributed by atoms with Crippen LogP contribution in [0.3, 0.4) is 0 Å². The van der Waals surface area contributed by atoms with Gasteiger partial charge >= 0.3 is 0 Å². The summed E-state index contributed by atoms with van der Waals surface area (Å²) in [5, 5.41) is 3.71. The molecule has 2 saturated heterocycles. The Hall–Kier alpha value is -0.120. The van der Waals surface area contributed by atoms with Gasteiger partial charge in [-0.2, -0.15) is 0 Å². The predicted molar refractivity (Wildman–Crippen MR) is 71.3 cm³/mol. The summed E-state index contributed by atoms with van der Waals surface area (Å²) in [6, 6.07) is 0.670. The van der Waals surface area contributed by atoms with Crippen molar-refractivity contribution in [3.8, 4) is 0 Å². The van der Waals surface area contributed by atoms with Gasteiger partial charge in [0, 0.05) is 24.7 Å². The van der Waals surface area contributed by atoms with E-state index in [4.69, 9.17) is 4.74 Å². The fraction of sp³-hybridized carbons (Fsp3) is 1.00. The number of hydrogen-bond acceptors (Lipinski definition) is 3. The highest BCUT2D eigenvalue weighted by atomic mass is 16.5. The Morgan fingerprint density at radius 1 is 1.53 bits per heavy atom. The number of nitrogens with zero attached hydrogens (tertiary/aromatic N) is 1. The second kappa shape index (κ2) is 5.68. The molecule has 0 radical (unpaired) electrons. The molecule has 0 saturated carbocycles. The van der Waals surface area contributed by atoms with E-state index in [9.17, 15) is 0 Å². The van der Waals surface area contributed by atoms with E-state index < -0.39 is 0 Å². The molecular formula is C14H28N2O. The summed E-state index contributed by atoms with van der Waals surface area (Å²) in [6.07, 6.45) is 3.72. The van der Waals surface area contributed by atoms with Crippen LogP contribution in [-0.2, 0) is 4.74 Å². The first-order valence-electron chi connectivity index (χ1n) is 7.21. The lowest BCUT2D eigenvalue weighted by Gasteiger charge is -2.37. The lowest BCUT2D eigenvalue weighted by molar-refractivity contribution is 0.111. The van der Waals surface area contributed by atoms with Crippen molar-refractivity contribution in [3.63, 3.8) is 0 Å². The van der Waals surface area contributed by atoms with Crippen LogP contribution in [0.1, 0.15) is 40.0 Å². The molecule has 3 nitrogen and oxygen atoms in total. The van der Waals surface area contributed by atoms with Crippen molar-refractivity contribution >= 4 is 0 Å². The zero-order chi connectivity index (χ0) is 12.3. The molecule has 2 rings (SSSR count). The minimum atomic E-state index is 0.296. The Morgan fingerprint density at radius 2 is 2.35 bits per heavy atom. The summed E-state index contributed by atoms with van der Waals surface area (Å²) < 4.78 is 5.54. The summed E-state index contributed by atoms with van der Waals surface area (Å²) in [5.74, 6) is 0.745. The Labute approximate surface area is 106 Å². The molecule has 2 aliphatic rings. The molecule has 0 aliphatic carbocycles. The number of hydrogen-bond donors (Lipinski definition) is 1. The van der Waals surface area contributed by atoms with Crippen LogP contribution in [0.5, 0.6) is 0 Å². The van der Waals surface area contributed by atoms with Gasteiger partial charge in [0.2, 0.25) is 0 Å². The predicted octanol–water partition coefficient (Wildman–Crippen LogP) is 1.88. The van der Waals surface area contributed by atoms with Gasteiger partial charge in [-0.25, -0.2) is 0 Å². The Kier molecular flexibility index (Phi) is 4.45. The lowest BCUT2D eigenvalue weighted by Crippen LogP contribution is -2.51. The normalized spacial score (nSPS) is 37.9. The molecule has 3 atom stereocenters. The Bertz CT molecular complexity index is 240. The first-order valence-corrected chi connectivity index (χ1v) is 7.21. The van der Waals surface area contributed by atoms with E-state index in [0.29, 0.717) is 11.6 Å². The number of ether oxygens (including phenoxy) is 1. The fourth-order valence-corrected chi connectivity index (χ4v) is 3.07. The zero-order valence-corrected chi connectivity index (χ0v) is 11.7. The second-order valence-electron chi connectivity index (χ2n) is 6.03. The van der Waals surface area contributed by atoms with Gasteiger partial charge in [0.15, 0.2) is 0 Å². The van der Waals surface area contributed by atoms with Crippen LogP contribution in [0, 0.1) is 5.92 Å². The average Bonchev–Trinajstić information content (AvgIpc) is 2.79. The summed E-state index contributed by atoms with van der Waals surface area (Å²) in [4.78, 5) is 2.68. The molecule has 0 aromatic heterocycles. The molecule has 0 spiro atoms. The van der Waals surface area contributed by atoms with E-state index in [-0.39, 0.29) is 0 Å². The molecule has 1 N–H and O–H groups in total. The molecule has 0 bridgehead atoms. The van der Waals surface area contributed by atoms with Crippen LogP contribution in [-0.4, -0.2) is 49.3 Å². The topological polar surface area (TPSA) is 24.5 Å². The van der Waals surface area contributed by atoms with Crippen LogP contribution < -0.4 is 5.32 Å². The zero-order valence-electron chi connectivity index (χ0n) is 11.7. The molecule has 3 unspecified atom stereocenters. The van der Waals surface area contributed by atoms with Crippen molar-refractivity contribution in [3.05, 3.63) is 0 Å². The van der Waals surface area contributed by atoms with Crippen LogP contribution in [0.2, 0.25) is 0 Å². The van der Waals surface area contributed by atoms with Crippen molar-refractivity contribution in [2.24, 2.45) is 5.92 Å². The molecule has 2 heterocycles. The van der Waals surface area contributed by atoms with Crippen molar-refractivity contribution in [1.29, 1.82) is 0 Å². The molecule has 2 fully saturated rings. The molecule has 17 heavy (non-hydrogen) atoms. The van der Waals surface area contributed by atoms with E-state index in [1.165, 1.54) is 32.4 Å². The van der Waals surface area contributed by atoms with E-state index in [1.54, 1.807) is 0 Å². The molecule has 100 valence electrons. The molecule has 3 heteroatoms. The summed E-state index contributed by atoms with van der Waals surface area (Å²) in [5.41, 5.74) is 0.296. The lowest BCUT2D eigenvalue weighted by atomic mass is 9.94. The smallest absolute Gasteiger partial charge is 0.0509 e. The largest absolute Gasteiger partial charge is 0.381 e. The maximum Gasteiger partial charge on any atom is 0.0509 e.